The molecule has 7 nitrogen and oxygen atoms in total. The van der Waals surface area contributed by atoms with Crippen LogP contribution in [0.25, 0.3) is 0 Å². The number of amides is 1. The first-order chi connectivity index (χ1) is 10.2. The van der Waals surface area contributed by atoms with E-state index in [4.69, 9.17) is 4.74 Å². The fraction of sp³-hybridized carbons (Fsp3) is 0.800. The summed E-state index contributed by atoms with van der Waals surface area (Å²) < 4.78 is 5.23. The molecule has 8 heteroatoms. The van der Waals surface area contributed by atoms with Crippen molar-refractivity contribution in [1.29, 1.82) is 0 Å². The Morgan fingerprint density at radius 3 is 2.61 bits per heavy atom. The maximum Gasteiger partial charge on any atom is 0.328 e. The van der Waals surface area contributed by atoms with Crippen molar-refractivity contribution in [2.24, 2.45) is 4.99 Å². The van der Waals surface area contributed by atoms with E-state index in [9.17, 15) is 9.59 Å². The van der Waals surface area contributed by atoms with Crippen LogP contribution in [0.1, 0.15) is 40.5 Å². The molecule has 1 rings (SSSR count). The van der Waals surface area contributed by atoms with Gasteiger partial charge in [0.05, 0.1) is 0 Å². The van der Waals surface area contributed by atoms with Crippen molar-refractivity contribution in [2.75, 3.05) is 26.7 Å². The molecule has 23 heavy (non-hydrogen) atoms. The average Bonchev–Trinajstić information content (AvgIpc) is 2.38. The number of rotatable bonds is 4. The Morgan fingerprint density at radius 1 is 1.43 bits per heavy atom. The zero-order valence-electron chi connectivity index (χ0n) is 14.6. The molecule has 0 saturated carbocycles. The third-order valence-corrected chi connectivity index (χ3v) is 3.10. The number of carbonyl (C=O) groups excluding carboxylic acids is 2. The van der Waals surface area contributed by atoms with E-state index in [1.165, 1.54) is 0 Å². The first-order valence-electron chi connectivity index (χ1n) is 7.72. The molecule has 0 radical (unpaired) electrons. The van der Waals surface area contributed by atoms with E-state index in [0.717, 1.165) is 6.42 Å². The predicted octanol–water partition coefficient (Wildman–Crippen LogP) is 1.12. The molecule has 1 aliphatic heterocycles. The van der Waals surface area contributed by atoms with Gasteiger partial charge >= 0.3 is 5.97 Å². The van der Waals surface area contributed by atoms with Gasteiger partial charge in [-0.05, 0) is 34.1 Å². The van der Waals surface area contributed by atoms with Crippen molar-refractivity contribution < 1.29 is 14.3 Å². The van der Waals surface area contributed by atoms with Crippen molar-refractivity contribution in [1.82, 2.24) is 15.5 Å². The Labute approximate surface area is 155 Å². The van der Waals surface area contributed by atoms with Gasteiger partial charge in [-0.2, -0.15) is 0 Å². The van der Waals surface area contributed by atoms with Gasteiger partial charge in [-0.15, -0.1) is 24.0 Å². The van der Waals surface area contributed by atoms with E-state index in [0.29, 0.717) is 25.5 Å². The molecule has 1 aliphatic rings. The van der Waals surface area contributed by atoms with Crippen LogP contribution < -0.4 is 10.6 Å². The topological polar surface area (TPSA) is 83.0 Å². The van der Waals surface area contributed by atoms with Crippen LogP contribution in [0.5, 0.6) is 0 Å². The van der Waals surface area contributed by atoms with Gasteiger partial charge in [-0.25, -0.2) is 4.99 Å². The third-order valence-electron chi connectivity index (χ3n) is 3.10. The van der Waals surface area contributed by atoms with E-state index >= 15 is 0 Å². The lowest BCUT2D eigenvalue weighted by Gasteiger charge is -2.31. The van der Waals surface area contributed by atoms with Gasteiger partial charge in [-0.1, -0.05) is 0 Å². The summed E-state index contributed by atoms with van der Waals surface area (Å²) in [5.41, 5.74) is -0.509. The SMILES string of the molecule is CCNC(=NCC(=O)OC(C)(C)C)NC1CCC(=O)N(C)C1.I. The number of esters is 1. The molecular formula is C15H29IN4O3. The minimum Gasteiger partial charge on any atom is -0.459 e. The third kappa shape index (κ3) is 8.97. The number of nitrogens with one attached hydrogen (secondary N) is 2. The van der Waals surface area contributed by atoms with Crippen LogP contribution in [0, 0.1) is 0 Å². The van der Waals surface area contributed by atoms with Crippen LogP contribution in [0.2, 0.25) is 0 Å². The Hall–Kier alpha value is -1.06. The summed E-state index contributed by atoms with van der Waals surface area (Å²) in [5.74, 6) is 0.371. The number of likely N-dealkylation sites (tertiary alicyclic amines) is 1. The molecule has 2 N–H and O–H groups in total. The van der Waals surface area contributed by atoms with Crippen molar-refractivity contribution in [3.05, 3.63) is 0 Å². The molecule has 1 atom stereocenters. The van der Waals surface area contributed by atoms with Gasteiger partial charge in [0.25, 0.3) is 0 Å². The fourth-order valence-electron chi connectivity index (χ4n) is 2.16. The lowest BCUT2D eigenvalue weighted by molar-refractivity contribution is -0.152. The normalized spacial score (nSPS) is 19.0. The van der Waals surface area contributed by atoms with Crippen LogP contribution >= 0.6 is 24.0 Å². The molecular weight excluding hydrogens is 411 g/mol. The summed E-state index contributed by atoms with van der Waals surface area (Å²) in [6, 6.07) is 0.138. The minimum absolute atomic E-state index is 0. The van der Waals surface area contributed by atoms with E-state index in [1.807, 2.05) is 27.7 Å². The average molecular weight is 440 g/mol. The van der Waals surface area contributed by atoms with Gasteiger partial charge in [0, 0.05) is 32.6 Å². The van der Waals surface area contributed by atoms with Crippen molar-refractivity contribution in [2.45, 2.75) is 52.2 Å². The summed E-state index contributed by atoms with van der Waals surface area (Å²) in [6.07, 6.45) is 1.29. The number of hydrogen-bond donors (Lipinski definition) is 2. The molecule has 0 aliphatic carbocycles. The molecule has 1 unspecified atom stereocenters. The molecule has 0 aromatic rings. The second-order valence-electron chi connectivity index (χ2n) is 6.44. The number of hydrogen-bond acceptors (Lipinski definition) is 4. The number of ether oxygens (including phenoxy) is 1. The second kappa shape index (κ2) is 9.94. The Balaban J connectivity index is 0.00000484. The highest BCUT2D eigenvalue weighted by atomic mass is 127. The minimum atomic E-state index is -0.509. The first-order valence-corrected chi connectivity index (χ1v) is 7.72. The summed E-state index contributed by atoms with van der Waals surface area (Å²) in [5, 5.41) is 6.37. The van der Waals surface area contributed by atoms with E-state index in [2.05, 4.69) is 15.6 Å². The molecule has 0 aromatic heterocycles. The lowest BCUT2D eigenvalue weighted by atomic mass is 10.1. The van der Waals surface area contributed by atoms with E-state index in [-0.39, 0.29) is 48.4 Å². The molecule has 0 spiro atoms. The number of piperidine rings is 1. The van der Waals surface area contributed by atoms with Gasteiger partial charge < -0.3 is 20.3 Å². The van der Waals surface area contributed by atoms with E-state index < -0.39 is 5.60 Å². The molecule has 1 amide bonds. The Morgan fingerprint density at radius 2 is 2.09 bits per heavy atom. The molecule has 0 bridgehead atoms. The van der Waals surface area contributed by atoms with Crippen LogP contribution in [-0.4, -0.2) is 61.1 Å². The van der Waals surface area contributed by atoms with Crippen LogP contribution in [-0.2, 0) is 14.3 Å². The van der Waals surface area contributed by atoms with Crippen LogP contribution in [0.4, 0.5) is 0 Å². The van der Waals surface area contributed by atoms with Gasteiger partial charge in [0.1, 0.15) is 12.1 Å². The summed E-state index contributed by atoms with van der Waals surface area (Å²) in [6.45, 7) is 8.74. The number of carbonyl (C=O) groups is 2. The molecule has 1 saturated heterocycles. The quantitative estimate of drug-likeness (QED) is 0.296. The highest BCUT2D eigenvalue weighted by molar-refractivity contribution is 14.0. The lowest BCUT2D eigenvalue weighted by Crippen LogP contribution is -2.51. The smallest absolute Gasteiger partial charge is 0.328 e. The highest BCUT2D eigenvalue weighted by Crippen LogP contribution is 2.09. The highest BCUT2D eigenvalue weighted by Gasteiger charge is 2.23. The van der Waals surface area contributed by atoms with Crippen molar-refractivity contribution in [3.8, 4) is 0 Å². The molecule has 0 aromatic carbocycles. The zero-order valence-corrected chi connectivity index (χ0v) is 17.0. The van der Waals surface area contributed by atoms with Gasteiger partial charge in [0.2, 0.25) is 5.91 Å². The number of aliphatic imine (C=N–C) groups is 1. The van der Waals surface area contributed by atoms with Crippen LogP contribution in [0.3, 0.4) is 0 Å². The monoisotopic (exact) mass is 440 g/mol. The standard InChI is InChI=1S/C15H28N4O3.HI/c1-6-16-14(17-9-13(21)22-15(2,3)4)18-11-7-8-12(20)19(5)10-11;/h11H,6-10H2,1-5H3,(H2,16,17,18);1H. The molecule has 134 valence electrons. The Bertz CT molecular complexity index is 435. The van der Waals surface area contributed by atoms with Crippen molar-refractivity contribution >= 4 is 41.8 Å². The maximum atomic E-state index is 11.7. The maximum absolute atomic E-state index is 11.7. The van der Waals surface area contributed by atoms with Crippen LogP contribution in [0.15, 0.2) is 4.99 Å². The summed E-state index contributed by atoms with van der Waals surface area (Å²) >= 11 is 0. The van der Waals surface area contributed by atoms with Crippen molar-refractivity contribution in [3.63, 3.8) is 0 Å². The summed E-state index contributed by atoms with van der Waals surface area (Å²) in [4.78, 5) is 29.2. The summed E-state index contributed by atoms with van der Waals surface area (Å²) in [7, 11) is 1.79. The Kier molecular flexibility index (Phi) is 9.48. The molecule has 1 heterocycles. The largest absolute Gasteiger partial charge is 0.459 e. The first kappa shape index (κ1) is 21.9. The fourth-order valence-corrected chi connectivity index (χ4v) is 2.16. The number of halogens is 1. The van der Waals surface area contributed by atoms with Gasteiger partial charge in [-0.3, -0.25) is 9.59 Å². The predicted molar refractivity (Wildman–Crippen MR) is 101 cm³/mol. The number of guanidine groups is 1. The number of likely N-dealkylation sites (N-methyl/N-ethyl adjacent to an activating group) is 1. The zero-order chi connectivity index (χ0) is 16.8. The van der Waals surface area contributed by atoms with Gasteiger partial charge in [0.15, 0.2) is 5.96 Å². The number of nitrogens with zero attached hydrogens (tertiary/aromatic N) is 2. The van der Waals surface area contributed by atoms with E-state index in [1.54, 1.807) is 11.9 Å². The second-order valence-corrected chi connectivity index (χ2v) is 6.44. The molecule has 1 fully saturated rings.